The van der Waals surface area contributed by atoms with E-state index in [1.165, 1.54) is 0 Å². The van der Waals surface area contributed by atoms with Crippen LogP contribution in [0.4, 0.5) is 0 Å². The maximum absolute atomic E-state index is 11.9. The standard InChI is InChI=1S/C23H28N4O3S/c1-3-13-24-22(29)12-6-11-21-25-26-23(31-16-17-7-4-9-19(28)14-17)27(21)18-8-5-10-20(15-18)30-2/h4-5,7-10,14-15,28H,3,6,11-13,16H2,1-2H3,(H,24,29). The number of hydrogen-bond acceptors (Lipinski definition) is 6. The molecule has 0 bridgehead atoms. The van der Waals surface area contributed by atoms with E-state index in [1.807, 2.05) is 47.9 Å². The minimum atomic E-state index is 0.0628. The Balaban J connectivity index is 1.78. The van der Waals surface area contributed by atoms with Crippen molar-refractivity contribution in [2.75, 3.05) is 13.7 Å². The number of aryl methyl sites for hydroxylation is 1. The van der Waals surface area contributed by atoms with Gasteiger partial charge in [0.15, 0.2) is 5.16 Å². The lowest BCUT2D eigenvalue weighted by atomic mass is 10.2. The number of benzene rings is 2. The first-order chi connectivity index (χ1) is 15.1. The summed E-state index contributed by atoms with van der Waals surface area (Å²) in [6.45, 7) is 2.74. The molecule has 8 heteroatoms. The van der Waals surface area contributed by atoms with Crippen molar-refractivity contribution in [3.8, 4) is 17.2 Å². The molecule has 0 radical (unpaired) electrons. The van der Waals surface area contributed by atoms with E-state index in [0.717, 1.165) is 34.4 Å². The van der Waals surface area contributed by atoms with Gasteiger partial charge in [-0.15, -0.1) is 10.2 Å². The lowest BCUT2D eigenvalue weighted by Crippen LogP contribution is -2.23. The maximum atomic E-state index is 11.9. The van der Waals surface area contributed by atoms with Crippen molar-refractivity contribution in [2.24, 2.45) is 0 Å². The number of ether oxygens (including phenoxy) is 1. The number of aromatic hydroxyl groups is 1. The topological polar surface area (TPSA) is 89.3 Å². The van der Waals surface area contributed by atoms with Crippen molar-refractivity contribution in [2.45, 2.75) is 43.5 Å². The Hall–Kier alpha value is -3.00. The van der Waals surface area contributed by atoms with Crippen LogP contribution in [0.2, 0.25) is 0 Å². The number of aromatic nitrogens is 3. The van der Waals surface area contributed by atoms with Crippen LogP contribution in [0.25, 0.3) is 5.69 Å². The van der Waals surface area contributed by atoms with Crippen LogP contribution >= 0.6 is 11.8 Å². The van der Waals surface area contributed by atoms with Crippen molar-refractivity contribution in [1.29, 1.82) is 0 Å². The van der Waals surface area contributed by atoms with E-state index in [4.69, 9.17) is 4.74 Å². The molecule has 0 spiro atoms. The second kappa shape index (κ2) is 11.4. The fraction of sp³-hybridized carbons (Fsp3) is 0.348. The zero-order valence-electron chi connectivity index (χ0n) is 17.9. The highest BCUT2D eigenvalue weighted by Crippen LogP contribution is 2.28. The van der Waals surface area contributed by atoms with Gasteiger partial charge in [0, 0.05) is 31.2 Å². The number of carbonyl (C=O) groups is 1. The van der Waals surface area contributed by atoms with Crippen molar-refractivity contribution in [3.05, 3.63) is 59.9 Å². The van der Waals surface area contributed by atoms with Crippen molar-refractivity contribution >= 4 is 17.7 Å². The molecule has 1 aromatic heterocycles. The zero-order valence-corrected chi connectivity index (χ0v) is 18.7. The number of phenols is 1. The van der Waals surface area contributed by atoms with Gasteiger partial charge in [-0.05, 0) is 42.7 Å². The third kappa shape index (κ3) is 6.49. The smallest absolute Gasteiger partial charge is 0.220 e. The van der Waals surface area contributed by atoms with Gasteiger partial charge in [-0.3, -0.25) is 9.36 Å². The Morgan fingerprint density at radius 3 is 2.81 bits per heavy atom. The number of methoxy groups -OCH3 is 1. The van der Waals surface area contributed by atoms with Crippen LogP contribution < -0.4 is 10.1 Å². The summed E-state index contributed by atoms with van der Waals surface area (Å²) in [5.41, 5.74) is 1.91. The van der Waals surface area contributed by atoms with Crippen molar-refractivity contribution in [3.63, 3.8) is 0 Å². The summed E-state index contributed by atoms with van der Waals surface area (Å²) >= 11 is 1.55. The number of rotatable bonds is 11. The molecule has 0 aliphatic heterocycles. The molecule has 7 nitrogen and oxygen atoms in total. The Morgan fingerprint density at radius 1 is 1.19 bits per heavy atom. The number of hydrogen-bond donors (Lipinski definition) is 2. The summed E-state index contributed by atoms with van der Waals surface area (Å²) in [7, 11) is 1.64. The van der Waals surface area contributed by atoms with E-state index in [-0.39, 0.29) is 11.7 Å². The molecule has 31 heavy (non-hydrogen) atoms. The second-order valence-electron chi connectivity index (χ2n) is 7.10. The number of nitrogens with zero attached hydrogens (tertiary/aromatic N) is 3. The molecule has 0 atom stereocenters. The Bertz CT molecular complexity index is 1010. The summed E-state index contributed by atoms with van der Waals surface area (Å²) in [4.78, 5) is 11.9. The van der Waals surface area contributed by atoms with E-state index in [1.54, 1.807) is 31.0 Å². The molecule has 2 aromatic carbocycles. The van der Waals surface area contributed by atoms with Crippen molar-refractivity contribution in [1.82, 2.24) is 20.1 Å². The second-order valence-corrected chi connectivity index (χ2v) is 8.04. The fourth-order valence-electron chi connectivity index (χ4n) is 3.12. The minimum absolute atomic E-state index is 0.0628. The van der Waals surface area contributed by atoms with E-state index in [2.05, 4.69) is 15.5 Å². The highest BCUT2D eigenvalue weighted by molar-refractivity contribution is 7.98. The fourth-order valence-corrected chi connectivity index (χ4v) is 4.03. The van der Waals surface area contributed by atoms with Gasteiger partial charge in [-0.1, -0.05) is 36.9 Å². The van der Waals surface area contributed by atoms with Crippen LogP contribution in [0.15, 0.2) is 53.7 Å². The van der Waals surface area contributed by atoms with E-state index in [0.29, 0.717) is 31.6 Å². The molecule has 164 valence electrons. The summed E-state index contributed by atoms with van der Waals surface area (Å²) in [5.74, 6) is 2.51. The molecule has 0 saturated heterocycles. The molecule has 0 aliphatic carbocycles. The molecular weight excluding hydrogens is 412 g/mol. The highest BCUT2D eigenvalue weighted by Gasteiger charge is 2.16. The number of phenolic OH excluding ortho intramolecular Hbond substituents is 1. The average Bonchev–Trinajstić information content (AvgIpc) is 3.19. The molecule has 0 aliphatic rings. The van der Waals surface area contributed by atoms with E-state index in [9.17, 15) is 9.90 Å². The summed E-state index contributed by atoms with van der Waals surface area (Å²) in [6, 6.07) is 14.9. The van der Waals surface area contributed by atoms with Crippen molar-refractivity contribution < 1.29 is 14.6 Å². The van der Waals surface area contributed by atoms with Gasteiger partial charge < -0.3 is 15.2 Å². The zero-order chi connectivity index (χ0) is 22.1. The molecule has 1 amide bonds. The molecular formula is C23H28N4O3S. The summed E-state index contributed by atoms with van der Waals surface area (Å²) in [6.07, 6.45) is 2.71. The Labute approximate surface area is 186 Å². The van der Waals surface area contributed by atoms with Gasteiger partial charge in [0.1, 0.15) is 17.3 Å². The van der Waals surface area contributed by atoms with Crippen LogP contribution in [0.5, 0.6) is 11.5 Å². The van der Waals surface area contributed by atoms with Gasteiger partial charge in [0.2, 0.25) is 5.91 Å². The first-order valence-corrected chi connectivity index (χ1v) is 11.4. The van der Waals surface area contributed by atoms with E-state index < -0.39 is 0 Å². The quantitative estimate of drug-likeness (QED) is 0.436. The molecule has 3 aromatic rings. The molecule has 3 rings (SSSR count). The molecule has 1 heterocycles. The summed E-state index contributed by atoms with van der Waals surface area (Å²) < 4.78 is 7.40. The molecule has 0 unspecified atom stereocenters. The minimum Gasteiger partial charge on any atom is -0.508 e. The number of carbonyl (C=O) groups excluding carboxylic acids is 1. The summed E-state index contributed by atoms with van der Waals surface area (Å²) in [5, 5.41) is 22.2. The number of amides is 1. The van der Waals surface area contributed by atoms with Gasteiger partial charge in [-0.2, -0.15) is 0 Å². The molecule has 0 fully saturated rings. The first-order valence-electron chi connectivity index (χ1n) is 10.4. The van der Waals surface area contributed by atoms with Crippen LogP contribution in [0.3, 0.4) is 0 Å². The SMILES string of the molecule is CCCNC(=O)CCCc1nnc(SCc2cccc(O)c2)n1-c1cccc(OC)c1. The van der Waals surface area contributed by atoms with Crippen LogP contribution in [-0.2, 0) is 17.0 Å². The lowest BCUT2D eigenvalue weighted by Gasteiger charge is -2.12. The Kier molecular flexibility index (Phi) is 8.35. The predicted octanol–water partition coefficient (Wildman–Crippen LogP) is 4.12. The third-order valence-electron chi connectivity index (χ3n) is 4.67. The van der Waals surface area contributed by atoms with Gasteiger partial charge in [-0.25, -0.2) is 0 Å². The average molecular weight is 441 g/mol. The molecule has 2 N–H and O–H groups in total. The van der Waals surface area contributed by atoms with Gasteiger partial charge >= 0.3 is 0 Å². The lowest BCUT2D eigenvalue weighted by molar-refractivity contribution is -0.121. The maximum Gasteiger partial charge on any atom is 0.220 e. The van der Waals surface area contributed by atoms with Crippen LogP contribution in [-0.4, -0.2) is 39.4 Å². The van der Waals surface area contributed by atoms with Crippen LogP contribution in [0, 0.1) is 0 Å². The predicted molar refractivity (Wildman–Crippen MR) is 122 cm³/mol. The molecule has 0 saturated carbocycles. The normalized spacial score (nSPS) is 10.8. The third-order valence-corrected chi connectivity index (χ3v) is 5.67. The Morgan fingerprint density at radius 2 is 2.03 bits per heavy atom. The first kappa shape index (κ1) is 22.7. The number of thioether (sulfide) groups is 1. The largest absolute Gasteiger partial charge is 0.508 e. The van der Waals surface area contributed by atoms with Gasteiger partial charge in [0.05, 0.1) is 12.8 Å². The highest BCUT2D eigenvalue weighted by atomic mass is 32.2. The number of nitrogens with one attached hydrogen (secondary N) is 1. The van der Waals surface area contributed by atoms with E-state index >= 15 is 0 Å². The van der Waals surface area contributed by atoms with Crippen LogP contribution in [0.1, 0.15) is 37.6 Å². The monoisotopic (exact) mass is 440 g/mol. The van der Waals surface area contributed by atoms with Gasteiger partial charge in [0.25, 0.3) is 0 Å².